The predicted octanol–water partition coefficient (Wildman–Crippen LogP) is 1.89. The third-order valence-electron chi connectivity index (χ3n) is 5.84. The molecule has 3 heteroatoms. The summed E-state index contributed by atoms with van der Waals surface area (Å²) < 4.78 is 0. The highest BCUT2D eigenvalue weighted by molar-refractivity contribution is 5.40. The second-order valence-electron chi connectivity index (χ2n) is 6.68. The maximum absolute atomic E-state index is 11.4. The van der Waals surface area contributed by atoms with E-state index in [1.54, 1.807) is 0 Å². The zero-order valence-electron chi connectivity index (χ0n) is 11.7. The van der Waals surface area contributed by atoms with E-state index < -0.39 is 11.0 Å². The molecule has 0 amide bonds. The number of hydrogen-bond donors (Lipinski definition) is 1. The Morgan fingerprint density at radius 2 is 1.90 bits per heavy atom. The first-order valence-corrected chi connectivity index (χ1v) is 7.63. The molecule has 1 N–H and O–H groups in total. The number of aliphatic hydroxyl groups is 1. The second-order valence-corrected chi connectivity index (χ2v) is 6.68. The van der Waals surface area contributed by atoms with Gasteiger partial charge in [0.25, 0.3) is 0 Å². The molecular formula is C17H20N2O. The molecule has 2 heterocycles. The van der Waals surface area contributed by atoms with Crippen molar-refractivity contribution in [3.05, 3.63) is 35.4 Å². The third-order valence-corrected chi connectivity index (χ3v) is 5.84. The van der Waals surface area contributed by atoms with Crippen molar-refractivity contribution in [1.82, 2.24) is 4.90 Å². The Balaban J connectivity index is 1.75. The fraction of sp³-hybridized carbons (Fsp3) is 0.588. The van der Waals surface area contributed by atoms with Gasteiger partial charge >= 0.3 is 0 Å². The number of fused-ring (bicyclic) bond motifs is 2. The van der Waals surface area contributed by atoms with E-state index in [1.165, 1.54) is 11.1 Å². The molecule has 0 saturated carbocycles. The van der Waals surface area contributed by atoms with E-state index in [-0.39, 0.29) is 6.04 Å². The highest BCUT2D eigenvalue weighted by Gasteiger charge is 2.62. The first kappa shape index (κ1) is 12.4. The van der Waals surface area contributed by atoms with Gasteiger partial charge in [0.15, 0.2) is 0 Å². The number of nitriles is 1. The average Bonchev–Trinajstić information content (AvgIpc) is 3.14. The van der Waals surface area contributed by atoms with E-state index in [1.807, 2.05) is 12.1 Å². The molecule has 0 spiro atoms. The summed E-state index contributed by atoms with van der Waals surface area (Å²) in [6, 6.07) is 11.0. The van der Waals surface area contributed by atoms with Crippen LogP contribution in [0.15, 0.2) is 24.3 Å². The van der Waals surface area contributed by atoms with Gasteiger partial charge in [-0.2, -0.15) is 5.26 Å². The molecule has 4 rings (SSSR count). The normalized spacial score (nSPS) is 34.7. The molecule has 3 nitrogen and oxygen atoms in total. The van der Waals surface area contributed by atoms with Crippen LogP contribution in [0.25, 0.3) is 0 Å². The molecule has 0 aromatic heterocycles. The first-order chi connectivity index (χ1) is 9.68. The summed E-state index contributed by atoms with van der Waals surface area (Å²) in [7, 11) is 0. The molecular weight excluding hydrogens is 248 g/mol. The second kappa shape index (κ2) is 4.07. The first-order valence-electron chi connectivity index (χ1n) is 7.63. The number of benzene rings is 1. The van der Waals surface area contributed by atoms with Crippen molar-refractivity contribution in [2.45, 2.75) is 43.7 Å². The van der Waals surface area contributed by atoms with Crippen molar-refractivity contribution in [3.8, 4) is 6.07 Å². The van der Waals surface area contributed by atoms with Crippen LogP contribution in [0.3, 0.4) is 0 Å². The Labute approximate surface area is 119 Å². The molecule has 104 valence electrons. The smallest absolute Gasteiger partial charge is 0.101 e. The molecule has 2 unspecified atom stereocenters. The summed E-state index contributed by atoms with van der Waals surface area (Å²) in [5, 5.41) is 21.3. The Hall–Kier alpha value is -1.37. The molecule has 3 aliphatic rings. The quantitative estimate of drug-likeness (QED) is 0.846. The summed E-state index contributed by atoms with van der Waals surface area (Å²) in [6.07, 6.45) is 4.36. The van der Waals surface area contributed by atoms with E-state index in [9.17, 15) is 10.4 Å². The molecule has 1 aromatic rings. The Kier molecular flexibility index (Phi) is 2.52. The minimum absolute atomic E-state index is 0.191. The van der Waals surface area contributed by atoms with Crippen molar-refractivity contribution in [2.24, 2.45) is 5.41 Å². The number of rotatable bonds is 1. The van der Waals surface area contributed by atoms with Crippen LogP contribution in [0.4, 0.5) is 0 Å². The largest absolute Gasteiger partial charge is 0.387 e. The molecule has 2 fully saturated rings. The van der Waals surface area contributed by atoms with Crippen molar-refractivity contribution < 1.29 is 5.11 Å². The summed E-state index contributed by atoms with van der Waals surface area (Å²) in [6.45, 7) is 2.03. The predicted molar refractivity (Wildman–Crippen MR) is 76.1 cm³/mol. The van der Waals surface area contributed by atoms with Gasteiger partial charge < -0.3 is 5.11 Å². The van der Waals surface area contributed by atoms with Crippen molar-refractivity contribution in [1.29, 1.82) is 5.26 Å². The lowest BCUT2D eigenvalue weighted by molar-refractivity contribution is -0.0699. The van der Waals surface area contributed by atoms with E-state index in [0.717, 1.165) is 32.4 Å². The van der Waals surface area contributed by atoms with Crippen LogP contribution in [-0.2, 0) is 12.8 Å². The lowest BCUT2D eigenvalue weighted by Crippen LogP contribution is -2.55. The topological polar surface area (TPSA) is 47.3 Å². The summed E-state index contributed by atoms with van der Waals surface area (Å²) in [4.78, 5) is 2.39. The summed E-state index contributed by atoms with van der Waals surface area (Å²) in [5.41, 5.74) is 1.04. The van der Waals surface area contributed by atoms with Crippen molar-refractivity contribution >= 4 is 0 Å². The number of nitrogens with zero attached hydrogens (tertiary/aromatic N) is 2. The van der Waals surface area contributed by atoms with Gasteiger partial charge in [-0.3, -0.25) is 4.90 Å². The van der Waals surface area contributed by atoms with Crippen LogP contribution in [0.2, 0.25) is 0 Å². The van der Waals surface area contributed by atoms with Gasteiger partial charge in [-0.1, -0.05) is 24.3 Å². The zero-order chi connectivity index (χ0) is 13.8. The van der Waals surface area contributed by atoms with Crippen LogP contribution in [-0.4, -0.2) is 34.7 Å². The standard InChI is InChI=1S/C17H20N2O/c18-12-16(10-13-4-1-2-5-14(13)11-16)17(20)7-9-19-8-3-6-15(17)19/h1-2,4-5,15,20H,3,6-11H2. The zero-order valence-corrected chi connectivity index (χ0v) is 11.7. The molecule has 0 bridgehead atoms. The monoisotopic (exact) mass is 268 g/mol. The molecule has 1 aliphatic carbocycles. The minimum atomic E-state index is -0.836. The molecule has 2 aliphatic heterocycles. The maximum Gasteiger partial charge on any atom is 0.101 e. The Morgan fingerprint density at radius 1 is 1.20 bits per heavy atom. The molecule has 0 radical (unpaired) electrons. The average molecular weight is 268 g/mol. The molecule has 2 atom stereocenters. The van der Waals surface area contributed by atoms with Gasteiger partial charge in [0.2, 0.25) is 0 Å². The van der Waals surface area contributed by atoms with Gasteiger partial charge in [0, 0.05) is 12.6 Å². The molecule has 2 saturated heterocycles. The van der Waals surface area contributed by atoms with Crippen molar-refractivity contribution in [3.63, 3.8) is 0 Å². The Morgan fingerprint density at radius 3 is 2.55 bits per heavy atom. The van der Waals surface area contributed by atoms with Gasteiger partial charge in [-0.05, 0) is 49.8 Å². The Bertz CT molecular complexity index is 566. The molecule has 1 aromatic carbocycles. The number of hydrogen-bond acceptors (Lipinski definition) is 3. The van der Waals surface area contributed by atoms with Gasteiger partial charge in [-0.25, -0.2) is 0 Å². The minimum Gasteiger partial charge on any atom is -0.387 e. The van der Waals surface area contributed by atoms with Gasteiger partial charge in [0.05, 0.1) is 11.5 Å². The van der Waals surface area contributed by atoms with Crippen LogP contribution < -0.4 is 0 Å². The summed E-state index contributed by atoms with van der Waals surface area (Å²) in [5.74, 6) is 0. The SMILES string of the molecule is N#CC1(C2(O)CCN3CCCC32)Cc2ccccc2C1. The van der Waals surface area contributed by atoms with E-state index in [4.69, 9.17) is 0 Å². The third kappa shape index (κ3) is 1.41. The van der Waals surface area contributed by atoms with Crippen LogP contribution in [0.1, 0.15) is 30.4 Å². The highest BCUT2D eigenvalue weighted by Crippen LogP contribution is 2.52. The molecule has 20 heavy (non-hydrogen) atoms. The van der Waals surface area contributed by atoms with Gasteiger partial charge in [-0.15, -0.1) is 0 Å². The van der Waals surface area contributed by atoms with E-state index in [2.05, 4.69) is 23.1 Å². The van der Waals surface area contributed by atoms with Crippen LogP contribution in [0.5, 0.6) is 0 Å². The fourth-order valence-electron chi connectivity index (χ4n) is 4.77. The maximum atomic E-state index is 11.4. The van der Waals surface area contributed by atoms with Crippen molar-refractivity contribution in [2.75, 3.05) is 13.1 Å². The van der Waals surface area contributed by atoms with Gasteiger partial charge in [0.1, 0.15) is 5.60 Å². The van der Waals surface area contributed by atoms with E-state index in [0.29, 0.717) is 12.8 Å². The van der Waals surface area contributed by atoms with E-state index >= 15 is 0 Å². The summed E-state index contributed by atoms with van der Waals surface area (Å²) >= 11 is 0. The fourth-order valence-corrected chi connectivity index (χ4v) is 4.77. The lowest BCUT2D eigenvalue weighted by atomic mass is 9.66. The van der Waals surface area contributed by atoms with Crippen LogP contribution >= 0.6 is 0 Å². The van der Waals surface area contributed by atoms with Crippen LogP contribution in [0, 0.1) is 16.7 Å². The highest BCUT2D eigenvalue weighted by atomic mass is 16.3. The lowest BCUT2D eigenvalue weighted by Gasteiger charge is -2.41.